The molecule has 0 spiro atoms. The second-order valence-electron chi connectivity index (χ2n) is 7.95. The lowest BCUT2D eigenvalue weighted by Crippen LogP contribution is -2.70. The van der Waals surface area contributed by atoms with Gasteiger partial charge in [0.15, 0.2) is 18.1 Å². The summed E-state index contributed by atoms with van der Waals surface area (Å²) < 4.78 is -0.481. The molecule has 3 N–H and O–H groups in total. The summed E-state index contributed by atoms with van der Waals surface area (Å²) in [5, 5.41) is 28.7. The lowest BCUT2D eigenvalue weighted by Gasteiger charge is -2.47. The van der Waals surface area contributed by atoms with Gasteiger partial charge < -0.3 is 15.3 Å². The average molecular weight is 415 g/mol. The molecule has 7 heteroatoms. The zero-order valence-electron chi connectivity index (χ0n) is 18.5. The van der Waals surface area contributed by atoms with Crippen molar-refractivity contribution in [1.82, 2.24) is 0 Å². The highest BCUT2D eigenvalue weighted by Crippen LogP contribution is 2.27. The lowest BCUT2D eigenvalue weighted by molar-refractivity contribution is -0.968. The minimum absolute atomic E-state index is 0.220. The number of aliphatic carboxylic acids is 3. The van der Waals surface area contributed by atoms with Crippen LogP contribution in [0.15, 0.2) is 12.2 Å². The minimum Gasteiger partial charge on any atom is -0.477 e. The first-order valence-corrected chi connectivity index (χ1v) is 10.8. The largest absolute Gasteiger partial charge is 0.477 e. The van der Waals surface area contributed by atoms with E-state index in [4.69, 9.17) is 0 Å². The normalized spacial score (nSPS) is 16.8. The van der Waals surface area contributed by atoms with Crippen molar-refractivity contribution in [3.63, 3.8) is 0 Å². The van der Waals surface area contributed by atoms with E-state index in [-0.39, 0.29) is 6.54 Å². The molecule has 29 heavy (non-hydrogen) atoms. The molecule has 3 atom stereocenters. The number of hydrogen-bond acceptors (Lipinski definition) is 3. The fraction of sp³-hybridized carbons (Fsp3) is 0.773. The SMILES string of the molecule is C/C=C/CCCCCCCCCC[N+](C(C)C(=O)O)(C(C)C(=O)O)C(C)C(=O)O. The molecule has 0 aromatic carbocycles. The summed E-state index contributed by atoms with van der Waals surface area (Å²) in [7, 11) is 0. The first kappa shape index (κ1) is 27.1. The third kappa shape index (κ3) is 8.56. The summed E-state index contributed by atoms with van der Waals surface area (Å²) in [6.07, 6.45) is 13.7. The molecule has 0 bridgehead atoms. The van der Waals surface area contributed by atoms with Gasteiger partial charge >= 0.3 is 17.9 Å². The Hall–Kier alpha value is -1.89. The van der Waals surface area contributed by atoms with Gasteiger partial charge in [0.1, 0.15) is 0 Å². The molecule has 3 unspecified atom stereocenters. The molecule has 0 aliphatic heterocycles. The molecular formula is C22H40NO6+. The Morgan fingerprint density at radius 3 is 1.38 bits per heavy atom. The Bertz CT molecular complexity index is 495. The molecule has 0 fully saturated rings. The maximum Gasteiger partial charge on any atom is 0.362 e. The van der Waals surface area contributed by atoms with Crippen LogP contribution < -0.4 is 0 Å². The molecule has 0 radical (unpaired) electrons. The molecule has 0 aromatic heterocycles. The quantitative estimate of drug-likeness (QED) is 0.186. The molecule has 0 aliphatic carbocycles. The molecule has 0 amide bonds. The highest BCUT2D eigenvalue weighted by atomic mass is 16.4. The summed E-state index contributed by atoms with van der Waals surface area (Å²) in [5.74, 6) is -3.53. The van der Waals surface area contributed by atoms with Gasteiger partial charge in [-0.3, -0.25) is 4.48 Å². The van der Waals surface area contributed by atoms with Crippen LogP contribution in [-0.4, -0.2) is 62.4 Å². The van der Waals surface area contributed by atoms with E-state index in [9.17, 15) is 29.7 Å². The van der Waals surface area contributed by atoms with Crippen LogP contribution in [0.25, 0.3) is 0 Å². The van der Waals surface area contributed by atoms with Crippen LogP contribution in [0.3, 0.4) is 0 Å². The topological polar surface area (TPSA) is 112 Å². The molecule has 0 saturated carbocycles. The molecule has 0 saturated heterocycles. The maximum atomic E-state index is 11.7. The van der Waals surface area contributed by atoms with E-state index < -0.39 is 40.5 Å². The summed E-state index contributed by atoms with van der Waals surface area (Å²) in [6, 6.07) is -3.36. The predicted molar refractivity (Wildman–Crippen MR) is 113 cm³/mol. The van der Waals surface area contributed by atoms with Crippen molar-refractivity contribution in [2.75, 3.05) is 6.54 Å². The van der Waals surface area contributed by atoms with Crippen LogP contribution in [0.5, 0.6) is 0 Å². The van der Waals surface area contributed by atoms with Crippen molar-refractivity contribution < 1.29 is 34.2 Å². The number of carboxylic acids is 3. The van der Waals surface area contributed by atoms with Crippen molar-refractivity contribution in [2.24, 2.45) is 0 Å². The predicted octanol–water partition coefficient (Wildman–Crippen LogP) is 4.31. The van der Waals surface area contributed by atoms with Crippen LogP contribution in [0, 0.1) is 0 Å². The van der Waals surface area contributed by atoms with E-state index in [1.807, 2.05) is 6.92 Å². The van der Waals surface area contributed by atoms with Crippen molar-refractivity contribution in [3.05, 3.63) is 12.2 Å². The fourth-order valence-electron chi connectivity index (χ4n) is 4.08. The molecular weight excluding hydrogens is 374 g/mol. The van der Waals surface area contributed by atoms with Gasteiger partial charge in [0.2, 0.25) is 0 Å². The Labute approximate surface area is 175 Å². The highest BCUT2D eigenvalue weighted by Gasteiger charge is 2.52. The maximum absolute atomic E-state index is 11.7. The zero-order valence-corrected chi connectivity index (χ0v) is 18.5. The van der Waals surface area contributed by atoms with E-state index in [1.54, 1.807) is 0 Å². The van der Waals surface area contributed by atoms with Gasteiger partial charge in [-0.1, -0.05) is 44.3 Å². The van der Waals surface area contributed by atoms with Crippen LogP contribution in [0.2, 0.25) is 0 Å². The molecule has 168 valence electrons. The lowest BCUT2D eigenvalue weighted by atomic mass is 10.00. The molecule has 0 rings (SSSR count). The second kappa shape index (κ2) is 14.1. The van der Waals surface area contributed by atoms with Crippen molar-refractivity contribution in [3.8, 4) is 0 Å². The van der Waals surface area contributed by atoms with E-state index >= 15 is 0 Å². The standard InChI is InChI=1S/C22H39NO6/c1-5-6-7-8-9-10-11-12-13-14-15-16-23(17(2)20(24)25,18(3)21(26)27)19(4)22(28)29/h5-6,17-19H,7-16H2,1-4H3,(H2-,24,25,26,27,28,29)/p+1/b6-5+. The van der Waals surface area contributed by atoms with E-state index in [1.165, 1.54) is 40.0 Å². The van der Waals surface area contributed by atoms with Gasteiger partial charge in [0, 0.05) is 0 Å². The fourth-order valence-corrected chi connectivity index (χ4v) is 4.08. The third-order valence-corrected chi connectivity index (χ3v) is 6.14. The summed E-state index contributed by atoms with van der Waals surface area (Å²) >= 11 is 0. The first-order valence-electron chi connectivity index (χ1n) is 10.8. The van der Waals surface area contributed by atoms with Crippen molar-refractivity contribution >= 4 is 17.9 Å². The molecule has 0 heterocycles. The Morgan fingerprint density at radius 1 is 0.690 bits per heavy atom. The van der Waals surface area contributed by atoms with Crippen LogP contribution in [-0.2, 0) is 14.4 Å². The Kier molecular flexibility index (Phi) is 13.2. The van der Waals surface area contributed by atoms with Gasteiger partial charge in [-0.25, -0.2) is 14.4 Å². The molecule has 0 aliphatic rings. The number of carboxylic acid groups (broad SMARTS) is 3. The van der Waals surface area contributed by atoms with Crippen molar-refractivity contribution in [2.45, 2.75) is 104 Å². The summed E-state index contributed by atoms with van der Waals surface area (Å²) in [5.41, 5.74) is 0. The van der Waals surface area contributed by atoms with E-state index in [0.29, 0.717) is 6.42 Å². The zero-order chi connectivity index (χ0) is 22.4. The Balaban J connectivity index is 4.80. The first-order chi connectivity index (χ1) is 13.6. The molecule has 7 nitrogen and oxygen atoms in total. The molecule has 0 aromatic rings. The van der Waals surface area contributed by atoms with Crippen LogP contribution in [0.1, 0.15) is 85.5 Å². The number of carbonyl (C=O) groups is 3. The third-order valence-electron chi connectivity index (χ3n) is 6.14. The number of allylic oxidation sites excluding steroid dienone is 2. The smallest absolute Gasteiger partial charge is 0.362 e. The van der Waals surface area contributed by atoms with Gasteiger partial charge in [-0.15, -0.1) is 0 Å². The number of hydrogen-bond donors (Lipinski definition) is 3. The van der Waals surface area contributed by atoms with E-state index in [0.717, 1.165) is 32.1 Å². The van der Waals surface area contributed by atoms with Gasteiger partial charge in [-0.05, 0) is 53.4 Å². The minimum atomic E-state index is -1.18. The summed E-state index contributed by atoms with van der Waals surface area (Å²) in [6.45, 7) is 6.48. The van der Waals surface area contributed by atoms with Gasteiger partial charge in [0.05, 0.1) is 6.54 Å². The van der Waals surface area contributed by atoms with Gasteiger partial charge in [0.25, 0.3) is 0 Å². The number of unbranched alkanes of at least 4 members (excludes halogenated alkanes) is 8. The van der Waals surface area contributed by atoms with Gasteiger partial charge in [-0.2, -0.15) is 0 Å². The number of nitrogens with zero attached hydrogens (tertiary/aromatic N) is 1. The average Bonchev–Trinajstić information content (AvgIpc) is 2.67. The monoisotopic (exact) mass is 414 g/mol. The highest BCUT2D eigenvalue weighted by molar-refractivity contribution is 5.77. The van der Waals surface area contributed by atoms with Crippen molar-refractivity contribution in [1.29, 1.82) is 0 Å². The number of quaternary nitrogens is 1. The van der Waals surface area contributed by atoms with Crippen LogP contribution >= 0.6 is 0 Å². The van der Waals surface area contributed by atoms with E-state index in [2.05, 4.69) is 12.2 Å². The second-order valence-corrected chi connectivity index (χ2v) is 7.95. The van der Waals surface area contributed by atoms with Crippen LogP contribution in [0.4, 0.5) is 0 Å². The summed E-state index contributed by atoms with van der Waals surface area (Å²) in [4.78, 5) is 35.1. The Morgan fingerprint density at radius 2 is 1.03 bits per heavy atom. The number of rotatable bonds is 17.